The second kappa shape index (κ2) is 10.6. The number of nitrogens with zero attached hydrogens (tertiary/aromatic N) is 2. The van der Waals surface area contributed by atoms with Crippen LogP contribution in [0.15, 0.2) is 59.6 Å². The first-order chi connectivity index (χ1) is 13.0. The maximum atomic E-state index is 5.26. The summed E-state index contributed by atoms with van der Waals surface area (Å²) in [5.41, 5.74) is 2.46. The average molecular weight is 369 g/mol. The topological polar surface area (TPSA) is 48.9 Å². The summed E-state index contributed by atoms with van der Waals surface area (Å²) in [6, 6.07) is 19.0. The third-order valence-electron chi connectivity index (χ3n) is 4.54. The van der Waals surface area contributed by atoms with Gasteiger partial charge in [0.1, 0.15) is 5.75 Å². The van der Waals surface area contributed by atoms with Crippen molar-refractivity contribution < 1.29 is 4.74 Å². The van der Waals surface area contributed by atoms with E-state index in [0.717, 1.165) is 18.3 Å². The van der Waals surface area contributed by atoms with Gasteiger partial charge in [0.2, 0.25) is 0 Å². The number of ether oxygens (including phenoxy) is 1. The molecule has 0 amide bonds. The third-order valence-corrected chi connectivity index (χ3v) is 4.54. The van der Waals surface area contributed by atoms with Crippen molar-refractivity contribution in [3.63, 3.8) is 0 Å². The molecule has 0 fully saturated rings. The van der Waals surface area contributed by atoms with Gasteiger partial charge in [-0.2, -0.15) is 0 Å². The van der Waals surface area contributed by atoms with E-state index in [2.05, 4.69) is 79.9 Å². The lowest BCUT2D eigenvalue weighted by Gasteiger charge is -2.24. The molecule has 5 heteroatoms. The Bertz CT molecular complexity index is 698. The fourth-order valence-electron chi connectivity index (χ4n) is 2.92. The highest BCUT2D eigenvalue weighted by Crippen LogP contribution is 2.21. The Labute approximate surface area is 163 Å². The first-order valence-corrected chi connectivity index (χ1v) is 9.45. The predicted molar refractivity (Wildman–Crippen MR) is 113 cm³/mol. The first kappa shape index (κ1) is 20.8. The summed E-state index contributed by atoms with van der Waals surface area (Å²) in [5.74, 6) is 1.70. The molecule has 5 nitrogen and oxygen atoms in total. The molecule has 2 unspecified atom stereocenters. The summed E-state index contributed by atoms with van der Waals surface area (Å²) in [5, 5.41) is 6.85. The number of guanidine groups is 1. The summed E-state index contributed by atoms with van der Waals surface area (Å²) in [4.78, 5) is 7.03. The van der Waals surface area contributed by atoms with Crippen LogP contribution in [-0.2, 0) is 0 Å². The first-order valence-electron chi connectivity index (χ1n) is 9.45. The van der Waals surface area contributed by atoms with Gasteiger partial charge in [0.25, 0.3) is 0 Å². The number of hydrogen-bond acceptors (Lipinski definition) is 3. The number of hydrogen-bond donors (Lipinski definition) is 2. The van der Waals surface area contributed by atoms with E-state index in [1.807, 2.05) is 18.2 Å². The van der Waals surface area contributed by atoms with Gasteiger partial charge in [-0.25, -0.2) is 0 Å². The van der Waals surface area contributed by atoms with Crippen molar-refractivity contribution in [1.82, 2.24) is 15.5 Å². The lowest BCUT2D eigenvalue weighted by Crippen LogP contribution is -2.39. The van der Waals surface area contributed by atoms with Gasteiger partial charge in [-0.05, 0) is 51.2 Å². The smallest absolute Gasteiger partial charge is 0.191 e. The van der Waals surface area contributed by atoms with E-state index in [9.17, 15) is 0 Å². The molecule has 2 atom stereocenters. The van der Waals surface area contributed by atoms with Crippen molar-refractivity contribution in [2.75, 3.05) is 34.3 Å². The molecule has 27 heavy (non-hydrogen) atoms. The summed E-state index contributed by atoms with van der Waals surface area (Å²) in [7, 11) is 5.85. The molecular weight excluding hydrogens is 336 g/mol. The van der Waals surface area contributed by atoms with Gasteiger partial charge in [-0.15, -0.1) is 0 Å². The molecule has 0 saturated carbocycles. The van der Waals surface area contributed by atoms with Gasteiger partial charge in [0, 0.05) is 6.54 Å². The van der Waals surface area contributed by atoms with Crippen LogP contribution in [0.5, 0.6) is 5.75 Å². The molecule has 146 valence electrons. The van der Waals surface area contributed by atoms with Gasteiger partial charge in [-0.3, -0.25) is 4.99 Å². The minimum atomic E-state index is 0.183. The van der Waals surface area contributed by atoms with E-state index in [1.165, 1.54) is 11.1 Å². The monoisotopic (exact) mass is 368 g/mol. The molecule has 2 rings (SSSR count). The number of rotatable bonds is 8. The van der Waals surface area contributed by atoms with Crippen LogP contribution in [-0.4, -0.2) is 45.2 Å². The molecule has 0 aliphatic rings. The van der Waals surface area contributed by atoms with Crippen molar-refractivity contribution in [1.29, 1.82) is 0 Å². The number of nitrogens with one attached hydrogen (secondary N) is 2. The van der Waals surface area contributed by atoms with Crippen LogP contribution in [0.1, 0.15) is 37.1 Å². The Morgan fingerprint density at radius 1 is 1.04 bits per heavy atom. The zero-order valence-electron chi connectivity index (χ0n) is 17.1. The molecule has 2 aromatic carbocycles. The normalized spacial score (nSPS) is 13.9. The Morgan fingerprint density at radius 2 is 1.70 bits per heavy atom. The molecule has 0 aromatic heterocycles. The summed E-state index contributed by atoms with van der Waals surface area (Å²) < 4.78 is 5.26. The van der Waals surface area contributed by atoms with Crippen molar-refractivity contribution in [3.8, 4) is 5.75 Å². The summed E-state index contributed by atoms with van der Waals surface area (Å²) >= 11 is 0. The zero-order chi connectivity index (χ0) is 19.6. The summed E-state index contributed by atoms with van der Waals surface area (Å²) in [6.07, 6.45) is 0. The van der Waals surface area contributed by atoms with Crippen LogP contribution in [0, 0.1) is 0 Å². The zero-order valence-corrected chi connectivity index (χ0v) is 17.1. The van der Waals surface area contributed by atoms with E-state index in [-0.39, 0.29) is 12.1 Å². The molecule has 0 heterocycles. The highest BCUT2D eigenvalue weighted by Gasteiger charge is 2.15. The van der Waals surface area contributed by atoms with Gasteiger partial charge in [0.05, 0.1) is 25.7 Å². The fraction of sp³-hybridized carbons (Fsp3) is 0.409. The number of benzene rings is 2. The maximum absolute atomic E-state index is 5.26. The van der Waals surface area contributed by atoms with E-state index < -0.39 is 0 Å². The van der Waals surface area contributed by atoms with Crippen molar-refractivity contribution in [2.45, 2.75) is 25.9 Å². The predicted octanol–water partition coefficient (Wildman–Crippen LogP) is 3.61. The van der Waals surface area contributed by atoms with Crippen molar-refractivity contribution in [2.24, 2.45) is 4.99 Å². The number of aliphatic imine (C=N–C) groups is 1. The van der Waals surface area contributed by atoms with Crippen LogP contribution in [0.3, 0.4) is 0 Å². The summed E-state index contributed by atoms with van der Waals surface area (Å²) in [6.45, 7) is 5.71. The number of methoxy groups -OCH3 is 1. The fourth-order valence-corrected chi connectivity index (χ4v) is 2.92. The van der Waals surface area contributed by atoms with Crippen LogP contribution in [0.2, 0.25) is 0 Å². The van der Waals surface area contributed by atoms with Crippen LogP contribution >= 0.6 is 0 Å². The van der Waals surface area contributed by atoms with Gasteiger partial charge >= 0.3 is 0 Å². The maximum Gasteiger partial charge on any atom is 0.191 e. The van der Waals surface area contributed by atoms with Crippen molar-refractivity contribution in [3.05, 3.63) is 65.7 Å². The molecule has 0 radical (unpaired) electrons. The van der Waals surface area contributed by atoms with Crippen LogP contribution < -0.4 is 15.4 Å². The number of likely N-dealkylation sites (N-methyl/N-ethyl adjacent to an activating group) is 1. The molecule has 0 spiro atoms. The minimum absolute atomic E-state index is 0.183. The molecule has 2 aromatic rings. The second-order valence-corrected chi connectivity index (χ2v) is 6.75. The van der Waals surface area contributed by atoms with E-state index in [1.54, 1.807) is 7.11 Å². The quantitative estimate of drug-likeness (QED) is 0.552. The molecule has 2 N–H and O–H groups in total. The highest BCUT2D eigenvalue weighted by molar-refractivity contribution is 5.80. The minimum Gasteiger partial charge on any atom is -0.497 e. The van der Waals surface area contributed by atoms with Crippen LogP contribution in [0.25, 0.3) is 0 Å². The lowest BCUT2D eigenvalue weighted by molar-refractivity contribution is 0.306. The molecule has 0 bridgehead atoms. The third kappa shape index (κ3) is 6.29. The SMILES string of the molecule is CCNC(=NCC(c1ccc(OC)cc1)N(C)C)NC(C)c1ccccc1. The molecule has 0 saturated heterocycles. The van der Waals surface area contributed by atoms with Crippen molar-refractivity contribution >= 4 is 5.96 Å². The van der Waals surface area contributed by atoms with Crippen LogP contribution in [0.4, 0.5) is 0 Å². The van der Waals surface area contributed by atoms with Gasteiger partial charge < -0.3 is 20.3 Å². The molecule has 0 aliphatic heterocycles. The Balaban J connectivity index is 2.11. The Morgan fingerprint density at radius 3 is 2.26 bits per heavy atom. The van der Waals surface area contributed by atoms with Gasteiger partial charge in [-0.1, -0.05) is 42.5 Å². The second-order valence-electron chi connectivity index (χ2n) is 6.75. The van der Waals surface area contributed by atoms with E-state index >= 15 is 0 Å². The Kier molecular flexibility index (Phi) is 8.14. The van der Waals surface area contributed by atoms with Gasteiger partial charge in [0.15, 0.2) is 5.96 Å². The highest BCUT2D eigenvalue weighted by atomic mass is 16.5. The largest absolute Gasteiger partial charge is 0.497 e. The Hall–Kier alpha value is -2.53. The van der Waals surface area contributed by atoms with E-state index in [4.69, 9.17) is 9.73 Å². The molecular formula is C22H32N4O. The standard InChI is InChI=1S/C22H32N4O/c1-6-23-22(25-17(2)18-10-8-7-9-11-18)24-16-21(26(3)4)19-12-14-20(27-5)15-13-19/h7-15,17,21H,6,16H2,1-5H3,(H2,23,24,25). The average Bonchev–Trinajstić information content (AvgIpc) is 2.69. The lowest BCUT2D eigenvalue weighted by atomic mass is 10.1. The molecule has 0 aliphatic carbocycles. The van der Waals surface area contributed by atoms with E-state index in [0.29, 0.717) is 6.54 Å².